The first-order chi connectivity index (χ1) is 19.6. The summed E-state index contributed by atoms with van der Waals surface area (Å²) in [5.41, 5.74) is 4.02. The standard InChI is InChI=1S/C33H25FN4O2/c34-31-17-8-7-12-26(31)23-40-30-16-9-13-25(19-30)32-28(22-38(37-32)29-14-5-2-6-15-29)18-27(20-35)33(39)36-21-24-10-3-1-4-11-24/h1-19,22H,21,23H2,(H,36,39). The molecular formula is C33H25FN4O2. The fraction of sp³-hybridized carbons (Fsp3) is 0.0606. The quantitative estimate of drug-likeness (QED) is 0.175. The lowest BCUT2D eigenvalue weighted by Gasteiger charge is -2.09. The van der Waals surface area contributed by atoms with Crippen molar-refractivity contribution in [3.05, 3.63) is 143 Å². The van der Waals surface area contributed by atoms with Crippen molar-refractivity contribution >= 4 is 12.0 Å². The number of nitrogens with zero attached hydrogens (tertiary/aromatic N) is 3. The maximum atomic E-state index is 14.1. The molecule has 5 aromatic rings. The minimum Gasteiger partial charge on any atom is -0.489 e. The van der Waals surface area contributed by atoms with Crippen molar-refractivity contribution < 1.29 is 13.9 Å². The molecule has 1 N–H and O–H groups in total. The maximum absolute atomic E-state index is 14.1. The average Bonchev–Trinajstić information content (AvgIpc) is 3.43. The van der Waals surface area contributed by atoms with Crippen molar-refractivity contribution in [2.75, 3.05) is 0 Å². The normalized spacial score (nSPS) is 11.1. The second-order valence-corrected chi connectivity index (χ2v) is 8.96. The lowest BCUT2D eigenvalue weighted by atomic mass is 10.1. The van der Waals surface area contributed by atoms with Gasteiger partial charge in [0, 0.05) is 29.4 Å². The van der Waals surface area contributed by atoms with Crippen LogP contribution in [0, 0.1) is 17.1 Å². The number of halogens is 1. The Balaban J connectivity index is 1.46. The predicted octanol–water partition coefficient (Wildman–Crippen LogP) is 6.48. The third kappa shape index (κ3) is 6.32. The lowest BCUT2D eigenvalue weighted by molar-refractivity contribution is -0.117. The first-order valence-corrected chi connectivity index (χ1v) is 12.7. The molecule has 6 nitrogen and oxygen atoms in total. The van der Waals surface area contributed by atoms with Crippen LogP contribution in [0.15, 0.2) is 121 Å². The van der Waals surface area contributed by atoms with E-state index >= 15 is 0 Å². The van der Waals surface area contributed by atoms with Crippen molar-refractivity contribution in [1.82, 2.24) is 15.1 Å². The Bertz CT molecular complexity index is 1690. The number of hydrogen-bond donors (Lipinski definition) is 1. The Morgan fingerprint density at radius 3 is 2.42 bits per heavy atom. The van der Waals surface area contributed by atoms with Crippen molar-refractivity contribution in [3.8, 4) is 28.8 Å². The highest BCUT2D eigenvalue weighted by molar-refractivity contribution is 6.02. The fourth-order valence-electron chi connectivity index (χ4n) is 4.12. The molecule has 196 valence electrons. The van der Waals surface area contributed by atoms with Crippen LogP contribution in [0.5, 0.6) is 5.75 Å². The van der Waals surface area contributed by atoms with Crippen molar-refractivity contribution in [2.45, 2.75) is 13.2 Å². The van der Waals surface area contributed by atoms with Crippen LogP contribution >= 0.6 is 0 Å². The molecule has 0 atom stereocenters. The van der Waals surface area contributed by atoms with Crippen LogP contribution in [-0.4, -0.2) is 15.7 Å². The first kappa shape index (κ1) is 26.1. The van der Waals surface area contributed by atoms with Gasteiger partial charge in [-0.2, -0.15) is 10.4 Å². The average molecular weight is 529 g/mol. The van der Waals surface area contributed by atoms with Gasteiger partial charge in [-0.1, -0.05) is 78.9 Å². The van der Waals surface area contributed by atoms with Crippen LogP contribution in [0.3, 0.4) is 0 Å². The summed E-state index contributed by atoms with van der Waals surface area (Å²) in [6, 6.07) is 34.8. The van der Waals surface area contributed by atoms with Crippen LogP contribution in [0.4, 0.5) is 4.39 Å². The van der Waals surface area contributed by atoms with Crippen LogP contribution in [0.1, 0.15) is 16.7 Å². The summed E-state index contributed by atoms with van der Waals surface area (Å²) in [6.45, 7) is 0.373. The van der Waals surface area contributed by atoms with E-state index in [2.05, 4.69) is 5.32 Å². The summed E-state index contributed by atoms with van der Waals surface area (Å²) in [5, 5.41) is 17.4. The molecule has 0 aliphatic carbocycles. The Morgan fingerprint density at radius 2 is 1.68 bits per heavy atom. The number of amides is 1. The molecule has 4 aromatic carbocycles. The van der Waals surface area contributed by atoms with Gasteiger partial charge in [0.25, 0.3) is 5.91 Å². The third-order valence-corrected chi connectivity index (χ3v) is 6.18. The Labute approximate surface area is 231 Å². The number of ether oxygens (including phenoxy) is 1. The molecule has 0 saturated carbocycles. The molecule has 5 rings (SSSR count). The van der Waals surface area contributed by atoms with E-state index in [-0.39, 0.29) is 18.0 Å². The number of hydrogen-bond acceptors (Lipinski definition) is 4. The highest BCUT2D eigenvalue weighted by Gasteiger charge is 2.16. The minimum absolute atomic E-state index is 0.0447. The predicted molar refractivity (Wildman–Crippen MR) is 152 cm³/mol. The number of nitrogens with one attached hydrogen (secondary N) is 1. The van der Waals surface area contributed by atoms with E-state index in [4.69, 9.17) is 9.84 Å². The van der Waals surface area contributed by atoms with Gasteiger partial charge in [0.15, 0.2) is 0 Å². The van der Waals surface area contributed by atoms with E-state index in [0.29, 0.717) is 34.7 Å². The van der Waals surface area contributed by atoms with Crippen molar-refractivity contribution in [2.24, 2.45) is 0 Å². The zero-order chi connectivity index (χ0) is 27.7. The molecule has 0 bridgehead atoms. The second-order valence-electron chi connectivity index (χ2n) is 8.96. The summed E-state index contributed by atoms with van der Waals surface area (Å²) >= 11 is 0. The summed E-state index contributed by atoms with van der Waals surface area (Å²) in [5.74, 6) is -0.278. The van der Waals surface area contributed by atoms with E-state index in [0.717, 1.165) is 11.3 Å². The van der Waals surface area contributed by atoms with Crippen LogP contribution in [0.25, 0.3) is 23.0 Å². The Kier molecular flexibility index (Phi) is 8.09. The van der Waals surface area contributed by atoms with E-state index < -0.39 is 5.91 Å². The molecule has 0 aliphatic rings. The molecular weight excluding hydrogens is 503 g/mol. The largest absolute Gasteiger partial charge is 0.489 e. The molecule has 0 radical (unpaired) electrons. The zero-order valence-corrected chi connectivity index (χ0v) is 21.5. The monoisotopic (exact) mass is 528 g/mol. The summed E-state index contributed by atoms with van der Waals surface area (Å²) < 4.78 is 21.6. The number of aromatic nitrogens is 2. The summed E-state index contributed by atoms with van der Waals surface area (Å²) in [6.07, 6.45) is 3.31. The van der Waals surface area contributed by atoms with Crippen LogP contribution in [0.2, 0.25) is 0 Å². The maximum Gasteiger partial charge on any atom is 0.262 e. The highest BCUT2D eigenvalue weighted by atomic mass is 19.1. The topological polar surface area (TPSA) is 79.9 Å². The Morgan fingerprint density at radius 1 is 0.950 bits per heavy atom. The molecule has 0 fully saturated rings. The molecule has 0 spiro atoms. The first-order valence-electron chi connectivity index (χ1n) is 12.7. The second kappa shape index (κ2) is 12.4. The fourth-order valence-corrected chi connectivity index (χ4v) is 4.12. The number of benzene rings is 4. The van der Waals surface area contributed by atoms with Crippen LogP contribution in [-0.2, 0) is 17.9 Å². The van der Waals surface area contributed by atoms with Gasteiger partial charge in [-0.05, 0) is 42.0 Å². The zero-order valence-electron chi connectivity index (χ0n) is 21.5. The summed E-state index contributed by atoms with van der Waals surface area (Å²) in [7, 11) is 0. The van der Waals surface area contributed by atoms with Gasteiger partial charge in [0.2, 0.25) is 0 Å². The van der Waals surface area contributed by atoms with E-state index in [9.17, 15) is 14.4 Å². The number of nitriles is 1. The van der Waals surface area contributed by atoms with Crippen LogP contribution < -0.4 is 10.1 Å². The molecule has 1 heterocycles. The molecule has 40 heavy (non-hydrogen) atoms. The number of carbonyl (C=O) groups is 1. The van der Waals surface area contributed by atoms with E-state index in [1.165, 1.54) is 12.1 Å². The van der Waals surface area contributed by atoms with Gasteiger partial charge in [-0.3, -0.25) is 4.79 Å². The van der Waals surface area contributed by atoms with Gasteiger partial charge in [0.05, 0.1) is 5.69 Å². The molecule has 0 saturated heterocycles. The van der Waals surface area contributed by atoms with Gasteiger partial charge < -0.3 is 10.1 Å². The van der Waals surface area contributed by atoms with E-state index in [1.54, 1.807) is 41.2 Å². The number of rotatable bonds is 9. The van der Waals surface area contributed by atoms with E-state index in [1.807, 2.05) is 78.9 Å². The Hall–Kier alpha value is -5.48. The smallest absolute Gasteiger partial charge is 0.262 e. The molecule has 1 aromatic heterocycles. The molecule has 1 amide bonds. The highest BCUT2D eigenvalue weighted by Crippen LogP contribution is 2.29. The summed E-state index contributed by atoms with van der Waals surface area (Å²) in [4.78, 5) is 12.9. The number of carbonyl (C=O) groups excluding carboxylic acids is 1. The lowest BCUT2D eigenvalue weighted by Crippen LogP contribution is -2.23. The number of para-hydroxylation sites is 1. The van der Waals surface area contributed by atoms with Gasteiger partial charge in [0.1, 0.15) is 35.5 Å². The van der Waals surface area contributed by atoms with Crippen molar-refractivity contribution in [1.29, 1.82) is 5.26 Å². The SMILES string of the molecule is N#CC(=Cc1cn(-c2ccccc2)nc1-c1cccc(OCc2ccccc2F)c1)C(=O)NCc1ccccc1. The molecule has 7 heteroatoms. The minimum atomic E-state index is -0.480. The van der Waals surface area contributed by atoms with Gasteiger partial charge >= 0.3 is 0 Å². The molecule has 0 unspecified atom stereocenters. The van der Waals surface area contributed by atoms with Crippen molar-refractivity contribution in [3.63, 3.8) is 0 Å². The third-order valence-electron chi connectivity index (χ3n) is 6.18. The van der Waals surface area contributed by atoms with Gasteiger partial charge in [-0.15, -0.1) is 0 Å². The van der Waals surface area contributed by atoms with Gasteiger partial charge in [-0.25, -0.2) is 9.07 Å². The molecule has 0 aliphatic heterocycles.